The fourth-order valence-electron chi connectivity index (χ4n) is 1.18. The smallest absolute Gasteiger partial charge is 0.229 e. The second-order valence-corrected chi connectivity index (χ2v) is 3.76. The molecule has 0 heterocycles. The quantitative estimate of drug-likeness (QED) is 0.769. The van der Waals surface area contributed by atoms with Crippen LogP contribution in [0.4, 0.5) is 4.39 Å². The lowest BCUT2D eigenvalue weighted by molar-refractivity contribution is -0.117. The lowest BCUT2D eigenvalue weighted by atomic mass is 9.98. The molecule has 1 aromatic carbocycles. The van der Waals surface area contributed by atoms with E-state index in [2.05, 4.69) is 0 Å². The van der Waals surface area contributed by atoms with Crippen molar-refractivity contribution < 1.29 is 14.0 Å². The molecule has 1 aromatic rings. The number of carbonyl (C=O) groups excluding carboxylic acids is 2. The number of hydrogen-bond donors (Lipinski definition) is 0. The van der Waals surface area contributed by atoms with Crippen molar-refractivity contribution in [3.8, 4) is 0 Å². The van der Waals surface area contributed by atoms with E-state index in [0.29, 0.717) is 5.56 Å². The first-order valence-electron chi connectivity index (χ1n) is 4.14. The van der Waals surface area contributed by atoms with E-state index in [4.69, 9.17) is 23.2 Å². The number of benzene rings is 1. The zero-order chi connectivity index (χ0) is 11.4. The predicted molar refractivity (Wildman–Crippen MR) is 55.5 cm³/mol. The zero-order valence-corrected chi connectivity index (χ0v) is 9.06. The Morgan fingerprint density at radius 3 is 2.13 bits per heavy atom. The Balaban J connectivity index is 2.94. The summed E-state index contributed by atoms with van der Waals surface area (Å²) < 4.78 is 12.6. The lowest BCUT2D eigenvalue weighted by Crippen LogP contribution is -2.09. The van der Waals surface area contributed by atoms with Gasteiger partial charge >= 0.3 is 0 Å². The van der Waals surface area contributed by atoms with Crippen molar-refractivity contribution in [2.24, 2.45) is 0 Å². The summed E-state index contributed by atoms with van der Waals surface area (Å²) in [5.74, 6) is -1.23. The maximum Gasteiger partial charge on any atom is 0.229 e. The Morgan fingerprint density at radius 1 is 1.20 bits per heavy atom. The Hall–Kier alpha value is -0.930. The van der Waals surface area contributed by atoms with Crippen LogP contribution in [0.25, 0.3) is 0 Å². The minimum absolute atomic E-state index is 0.185. The maximum atomic E-state index is 12.6. The van der Waals surface area contributed by atoms with Crippen molar-refractivity contribution in [3.05, 3.63) is 35.6 Å². The van der Waals surface area contributed by atoms with Crippen LogP contribution in [0.3, 0.4) is 0 Å². The molecule has 0 saturated heterocycles. The highest BCUT2D eigenvalue weighted by Gasteiger charge is 2.21. The summed E-state index contributed by atoms with van der Waals surface area (Å²) in [5.41, 5.74) is 0.477. The van der Waals surface area contributed by atoms with Crippen LogP contribution >= 0.6 is 23.2 Å². The van der Waals surface area contributed by atoms with E-state index in [1.807, 2.05) is 0 Å². The highest BCUT2D eigenvalue weighted by atomic mass is 35.5. The SMILES string of the molecule is O=C(Cl)C[C@H](C(=O)Cl)c1ccc(F)cc1. The molecule has 0 fully saturated rings. The third kappa shape index (κ3) is 3.61. The van der Waals surface area contributed by atoms with Crippen LogP contribution in [-0.4, -0.2) is 10.5 Å². The molecule has 2 nitrogen and oxygen atoms in total. The van der Waals surface area contributed by atoms with Gasteiger partial charge in [0.2, 0.25) is 10.5 Å². The average molecular weight is 249 g/mol. The van der Waals surface area contributed by atoms with Gasteiger partial charge in [-0.3, -0.25) is 9.59 Å². The summed E-state index contributed by atoms with van der Waals surface area (Å²) in [4.78, 5) is 21.7. The van der Waals surface area contributed by atoms with E-state index in [-0.39, 0.29) is 6.42 Å². The van der Waals surface area contributed by atoms with Gasteiger partial charge in [0.1, 0.15) is 5.82 Å². The second kappa shape index (κ2) is 5.24. The van der Waals surface area contributed by atoms with Crippen LogP contribution in [0, 0.1) is 5.82 Å². The van der Waals surface area contributed by atoms with Crippen molar-refractivity contribution >= 4 is 33.7 Å². The molecular weight excluding hydrogens is 242 g/mol. The summed E-state index contributed by atoms with van der Waals surface area (Å²) in [6.07, 6.45) is -0.185. The van der Waals surface area contributed by atoms with Crippen LogP contribution in [-0.2, 0) is 9.59 Å². The van der Waals surface area contributed by atoms with Gasteiger partial charge in [-0.25, -0.2) is 4.39 Å². The minimum Gasteiger partial charge on any atom is -0.281 e. The molecule has 1 rings (SSSR count). The van der Waals surface area contributed by atoms with Gasteiger partial charge in [0.05, 0.1) is 5.92 Å². The number of hydrogen-bond acceptors (Lipinski definition) is 2. The first-order chi connectivity index (χ1) is 7.00. The molecule has 0 spiro atoms. The van der Waals surface area contributed by atoms with E-state index >= 15 is 0 Å². The van der Waals surface area contributed by atoms with E-state index in [1.165, 1.54) is 24.3 Å². The fourth-order valence-corrected chi connectivity index (χ4v) is 1.54. The van der Waals surface area contributed by atoms with Crippen LogP contribution in [0.15, 0.2) is 24.3 Å². The molecule has 5 heteroatoms. The molecule has 0 radical (unpaired) electrons. The molecule has 0 aliphatic carbocycles. The third-order valence-corrected chi connectivity index (χ3v) is 2.33. The van der Waals surface area contributed by atoms with Crippen molar-refractivity contribution in [1.82, 2.24) is 0 Å². The van der Waals surface area contributed by atoms with Crippen LogP contribution in [0.1, 0.15) is 17.9 Å². The molecule has 0 bridgehead atoms. The summed E-state index contributed by atoms with van der Waals surface area (Å²) >= 11 is 10.5. The second-order valence-electron chi connectivity index (χ2n) is 2.97. The summed E-state index contributed by atoms with van der Waals surface area (Å²) in [6.45, 7) is 0. The standard InChI is InChI=1S/C10H7Cl2FO2/c11-9(14)5-8(10(12)15)6-1-3-7(13)4-2-6/h1-4,8H,5H2/t8-/m0/s1. The van der Waals surface area contributed by atoms with Gasteiger partial charge < -0.3 is 0 Å². The number of carbonyl (C=O) groups is 2. The van der Waals surface area contributed by atoms with Gasteiger partial charge in [-0.15, -0.1) is 0 Å². The molecule has 0 aliphatic heterocycles. The first-order valence-corrected chi connectivity index (χ1v) is 4.89. The monoisotopic (exact) mass is 248 g/mol. The van der Waals surface area contributed by atoms with E-state index in [1.54, 1.807) is 0 Å². The van der Waals surface area contributed by atoms with Crippen molar-refractivity contribution in [2.45, 2.75) is 12.3 Å². The zero-order valence-electron chi connectivity index (χ0n) is 7.54. The van der Waals surface area contributed by atoms with Gasteiger partial charge in [0.25, 0.3) is 0 Å². The summed E-state index contributed by atoms with van der Waals surface area (Å²) in [5, 5.41) is -1.34. The Morgan fingerprint density at radius 2 is 1.73 bits per heavy atom. The highest BCUT2D eigenvalue weighted by Crippen LogP contribution is 2.23. The van der Waals surface area contributed by atoms with Crippen LogP contribution < -0.4 is 0 Å². The highest BCUT2D eigenvalue weighted by molar-refractivity contribution is 6.67. The molecule has 15 heavy (non-hydrogen) atoms. The summed E-state index contributed by atoms with van der Waals surface area (Å²) in [6, 6.07) is 5.20. The molecule has 0 saturated carbocycles. The van der Waals surface area contributed by atoms with Crippen molar-refractivity contribution in [2.75, 3.05) is 0 Å². The largest absolute Gasteiger partial charge is 0.281 e. The Labute approximate surface area is 96.0 Å². The topological polar surface area (TPSA) is 34.1 Å². The maximum absolute atomic E-state index is 12.6. The van der Waals surface area contributed by atoms with Gasteiger partial charge in [-0.2, -0.15) is 0 Å². The lowest BCUT2D eigenvalue weighted by Gasteiger charge is -2.09. The molecular formula is C10H7Cl2FO2. The van der Waals surface area contributed by atoms with Gasteiger partial charge in [0.15, 0.2) is 0 Å². The molecule has 0 aliphatic rings. The Kier molecular flexibility index (Phi) is 4.24. The normalized spacial score (nSPS) is 12.2. The first kappa shape index (κ1) is 12.1. The van der Waals surface area contributed by atoms with E-state index in [9.17, 15) is 14.0 Å². The predicted octanol–water partition coefficient (Wildman–Crippen LogP) is 2.83. The van der Waals surface area contributed by atoms with Gasteiger partial charge in [0, 0.05) is 6.42 Å². The number of rotatable bonds is 4. The van der Waals surface area contributed by atoms with Crippen molar-refractivity contribution in [1.29, 1.82) is 0 Å². The van der Waals surface area contributed by atoms with E-state index in [0.717, 1.165) is 0 Å². The van der Waals surface area contributed by atoms with Gasteiger partial charge in [-0.1, -0.05) is 12.1 Å². The molecule has 1 atom stereocenters. The van der Waals surface area contributed by atoms with E-state index < -0.39 is 22.2 Å². The molecule has 0 unspecified atom stereocenters. The van der Waals surface area contributed by atoms with Crippen molar-refractivity contribution in [3.63, 3.8) is 0 Å². The molecule has 0 N–H and O–H groups in total. The minimum atomic E-state index is -0.808. The van der Waals surface area contributed by atoms with Gasteiger partial charge in [-0.05, 0) is 40.9 Å². The Bertz CT molecular complexity index is 376. The molecule has 0 amide bonds. The molecule has 0 aromatic heterocycles. The van der Waals surface area contributed by atoms with Crippen LogP contribution in [0.2, 0.25) is 0 Å². The average Bonchev–Trinajstić information content (AvgIpc) is 2.15. The fraction of sp³-hybridized carbons (Fsp3) is 0.200. The van der Waals surface area contributed by atoms with Crippen LogP contribution in [0.5, 0.6) is 0 Å². The third-order valence-electron chi connectivity index (χ3n) is 1.91. The summed E-state index contributed by atoms with van der Waals surface area (Å²) in [7, 11) is 0. The molecule has 80 valence electrons. The number of halogens is 3.